The Hall–Kier alpha value is -0.910. The minimum Gasteiger partial charge on any atom is -0.497 e. The van der Waals surface area contributed by atoms with E-state index in [1.165, 1.54) is 0 Å². The molecule has 2 atom stereocenters. The number of nitrogens with zero attached hydrogens (tertiary/aromatic N) is 1. The van der Waals surface area contributed by atoms with Crippen molar-refractivity contribution >= 4 is 7.60 Å². The van der Waals surface area contributed by atoms with Crippen LogP contribution < -0.4 is 4.74 Å². The molecule has 0 fully saturated rings. The Balaban J connectivity index is 3.37. The lowest BCUT2D eigenvalue weighted by Gasteiger charge is -2.48. The zero-order valence-electron chi connectivity index (χ0n) is 19.8. The normalized spacial score (nSPS) is 15.4. The van der Waals surface area contributed by atoms with Gasteiger partial charge < -0.3 is 13.8 Å². The summed E-state index contributed by atoms with van der Waals surface area (Å²) in [5.41, 5.74) is 0.130. The van der Waals surface area contributed by atoms with Crippen molar-refractivity contribution in [2.24, 2.45) is 5.41 Å². The van der Waals surface area contributed by atoms with Crippen LogP contribution in [0.4, 0.5) is 0 Å². The molecule has 1 aromatic rings. The van der Waals surface area contributed by atoms with Crippen LogP contribution in [-0.2, 0) is 18.5 Å². The molecule has 0 N–H and O–H groups in total. The molecular weight excluding hydrogens is 389 g/mol. The van der Waals surface area contributed by atoms with Crippen LogP contribution in [0.25, 0.3) is 0 Å². The number of ether oxygens (including phenoxy) is 1. The maximum atomic E-state index is 13.9. The van der Waals surface area contributed by atoms with Gasteiger partial charge in [-0.25, -0.2) is 0 Å². The molecule has 29 heavy (non-hydrogen) atoms. The van der Waals surface area contributed by atoms with E-state index in [1.807, 2.05) is 91.6 Å². The molecule has 2 unspecified atom stereocenters. The predicted octanol–water partition coefficient (Wildman–Crippen LogP) is 6.43. The second kappa shape index (κ2) is 10.4. The minimum atomic E-state index is -3.48. The second-order valence-corrected chi connectivity index (χ2v) is 11.2. The largest absolute Gasteiger partial charge is 0.497 e. The Kier molecular flexibility index (Phi) is 9.38. The van der Waals surface area contributed by atoms with Crippen molar-refractivity contribution in [3.8, 4) is 5.75 Å². The fraction of sp³-hybridized carbons (Fsp3) is 0.727. The van der Waals surface area contributed by atoms with Gasteiger partial charge in [0.25, 0.3) is 0 Å². The van der Waals surface area contributed by atoms with Gasteiger partial charge in [-0.3, -0.25) is 9.40 Å². The quantitative estimate of drug-likeness (QED) is 0.316. The van der Waals surface area contributed by atoms with Gasteiger partial charge in [0.2, 0.25) is 0 Å². The first-order valence-corrected chi connectivity index (χ1v) is 11.9. The summed E-state index contributed by atoms with van der Waals surface area (Å²) in [6.07, 6.45) is -0.262. The monoisotopic (exact) mass is 429 g/mol. The topological polar surface area (TPSA) is 57.2 Å². The third-order valence-corrected chi connectivity index (χ3v) is 7.25. The van der Waals surface area contributed by atoms with E-state index in [9.17, 15) is 4.57 Å². The third-order valence-electron chi connectivity index (χ3n) is 4.43. The van der Waals surface area contributed by atoms with Crippen LogP contribution in [0.1, 0.15) is 74.0 Å². The molecule has 0 amide bonds. The van der Waals surface area contributed by atoms with Crippen LogP contribution in [0.2, 0.25) is 0 Å². The Labute approximate surface area is 177 Å². The lowest BCUT2D eigenvalue weighted by atomic mass is 9.94. The number of methoxy groups -OCH3 is 1. The summed E-state index contributed by atoms with van der Waals surface area (Å²) in [5.74, 6) is 0.203. The molecule has 0 radical (unpaired) electrons. The van der Waals surface area contributed by atoms with Gasteiger partial charge in [-0.1, -0.05) is 32.9 Å². The summed E-state index contributed by atoms with van der Waals surface area (Å²) < 4.78 is 30.6. The summed E-state index contributed by atoms with van der Waals surface area (Å²) in [4.78, 5) is 6.46. The van der Waals surface area contributed by atoms with E-state index in [0.717, 1.165) is 11.3 Å². The number of hydrogen-bond donors (Lipinski definition) is 0. The zero-order chi connectivity index (χ0) is 22.5. The third kappa shape index (κ3) is 7.08. The molecule has 1 rings (SSSR count). The van der Waals surface area contributed by atoms with Crippen LogP contribution >= 0.6 is 7.60 Å². The summed E-state index contributed by atoms with van der Waals surface area (Å²) in [6.45, 7) is 18.4. The van der Waals surface area contributed by atoms with Crippen LogP contribution in [-0.4, -0.2) is 36.7 Å². The number of rotatable bonds is 10. The highest BCUT2D eigenvalue weighted by Gasteiger charge is 2.51. The number of hydrogen-bond acceptors (Lipinski definition) is 6. The van der Waals surface area contributed by atoms with Gasteiger partial charge in [-0.05, 0) is 64.7 Å². The van der Waals surface area contributed by atoms with Crippen molar-refractivity contribution in [3.05, 3.63) is 29.8 Å². The molecule has 0 heterocycles. The SMILES string of the molecule is CCOP(=O)(OCC)C(N(OC(C)c1ccc(OC)cc1)C(C)(C)C)C(C)(C)C. The first-order valence-electron chi connectivity index (χ1n) is 10.3. The highest BCUT2D eigenvalue weighted by Crippen LogP contribution is 2.61. The van der Waals surface area contributed by atoms with Crippen LogP contribution in [0, 0.1) is 5.41 Å². The highest BCUT2D eigenvalue weighted by molar-refractivity contribution is 7.54. The zero-order valence-corrected chi connectivity index (χ0v) is 20.7. The van der Waals surface area contributed by atoms with Gasteiger partial charge >= 0.3 is 7.60 Å². The second-order valence-electron chi connectivity index (χ2n) is 9.13. The molecule has 0 saturated carbocycles. The highest BCUT2D eigenvalue weighted by atomic mass is 31.2. The smallest absolute Gasteiger partial charge is 0.350 e. The lowest BCUT2D eigenvalue weighted by Crippen LogP contribution is -2.53. The van der Waals surface area contributed by atoms with Crippen molar-refractivity contribution in [2.45, 2.75) is 79.7 Å². The average Bonchev–Trinajstić information content (AvgIpc) is 2.59. The van der Waals surface area contributed by atoms with Gasteiger partial charge in [0, 0.05) is 5.54 Å². The molecule has 6 nitrogen and oxygen atoms in total. The number of hydroxylamine groups is 2. The lowest BCUT2D eigenvalue weighted by molar-refractivity contribution is -0.264. The summed E-state index contributed by atoms with van der Waals surface area (Å²) in [5, 5.41) is 1.81. The van der Waals surface area contributed by atoms with Crippen molar-refractivity contribution in [3.63, 3.8) is 0 Å². The Bertz CT molecular complexity index is 653. The average molecular weight is 430 g/mol. The van der Waals surface area contributed by atoms with Crippen LogP contribution in [0.5, 0.6) is 5.75 Å². The first kappa shape index (κ1) is 26.1. The van der Waals surface area contributed by atoms with Crippen LogP contribution in [0.3, 0.4) is 0 Å². The fourth-order valence-electron chi connectivity index (χ4n) is 3.18. The first-order chi connectivity index (χ1) is 13.3. The summed E-state index contributed by atoms with van der Waals surface area (Å²) >= 11 is 0. The molecule has 0 aliphatic carbocycles. The Morgan fingerprint density at radius 2 is 1.45 bits per heavy atom. The van der Waals surface area contributed by atoms with E-state index in [1.54, 1.807) is 7.11 Å². The maximum Gasteiger partial charge on any atom is 0.350 e. The molecule has 0 spiro atoms. The van der Waals surface area contributed by atoms with E-state index in [-0.39, 0.29) is 6.10 Å². The molecule has 0 aliphatic rings. The van der Waals surface area contributed by atoms with Gasteiger partial charge in [0.15, 0.2) is 0 Å². The van der Waals surface area contributed by atoms with E-state index < -0.39 is 24.3 Å². The van der Waals surface area contributed by atoms with Gasteiger partial charge in [-0.2, -0.15) is 5.06 Å². The molecule has 0 aromatic heterocycles. The Morgan fingerprint density at radius 1 is 0.966 bits per heavy atom. The molecule has 0 aliphatic heterocycles. The van der Waals surface area contributed by atoms with Gasteiger partial charge in [-0.15, -0.1) is 0 Å². The van der Waals surface area contributed by atoms with Crippen molar-refractivity contribution in [1.82, 2.24) is 5.06 Å². The molecule has 1 aromatic carbocycles. The maximum absolute atomic E-state index is 13.9. The van der Waals surface area contributed by atoms with E-state index >= 15 is 0 Å². The molecule has 0 bridgehead atoms. The summed E-state index contributed by atoms with van der Waals surface area (Å²) in [6, 6.07) is 7.76. The van der Waals surface area contributed by atoms with E-state index in [4.69, 9.17) is 18.6 Å². The fourth-order valence-corrected chi connectivity index (χ4v) is 5.86. The Morgan fingerprint density at radius 3 is 1.79 bits per heavy atom. The van der Waals surface area contributed by atoms with Gasteiger partial charge in [0.05, 0.1) is 20.3 Å². The van der Waals surface area contributed by atoms with Crippen molar-refractivity contribution < 1.29 is 23.2 Å². The predicted molar refractivity (Wildman–Crippen MR) is 118 cm³/mol. The van der Waals surface area contributed by atoms with Crippen molar-refractivity contribution in [2.75, 3.05) is 20.3 Å². The van der Waals surface area contributed by atoms with Crippen LogP contribution in [0.15, 0.2) is 24.3 Å². The molecule has 0 saturated heterocycles. The molecular formula is C22H40NO5P. The minimum absolute atomic E-state index is 0.262. The molecule has 168 valence electrons. The standard InChI is InChI=1S/C22H40NO5P/c1-11-26-29(24,27-12-2)20(21(4,5)6)23(22(7,8)9)28-17(3)18-13-15-19(25-10)16-14-18/h13-17,20H,11-12H2,1-10H3. The molecule has 7 heteroatoms. The van der Waals surface area contributed by atoms with E-state index in [0.29, 0.717) is 13.2 Å². The summed E-state index contributed by atoms with van der Waals surface area (Å²) in [7, 11) is -1.84. The van der Waals surface area contributed by atoms with E-state index in [2.05, 4.69) is 0 Å². The van der Waals surface area contributed by atoms with Gasteiger partial charge in [0.1, 0.15) is 17.6 Å². The number of benzene rings is 1. The van der Waals surface area contributed by atoms with Crippen molar-refractivity contribution in [1.29, 1.82) is 0 Å².